The minimum absolute atomic E-state index is 0.0483. The maximum atomic E-state index is 13.8. The Hall–Kier alpha value is -1.39. The lowest BCUT2D eigenvalue weighted by Gasteiger charge is -2.09. The number of halogens is 1. The van der Waals surface area contributed by atoms with Gasteiger partial charge in [-0.05, 0) is 19.3 Å². The summed E-state index contributed by atoms with van der Waals surface area (Å²) in [7, 11) is 0. The van der Waals surface area contributed by atoms with E-state index in [-0.39, 0.29) is 24.8 Å². The second-order valence-electron chi connectivity index (χ2n) is 4.24. The van der Waals surface area contributed by atoms with Gasteiger partial charge in [-0.25, -0.2) is 4.68 Å². The van der Waals surface area contributed by atoms with E-state index in [1.54, 1.807) is 0 Å². The van der Waals surface area contributed by atoms with Crippen molar-refractivity contribution in [3.63, 3.8) is 0 Å². The summed E-state index contributed by atoms with van der Waals surface area (Å²) in [5.41, 5.74) is 0.411. The molecule has 1 aliphatic carbocycles. The molecule has 0 radical (unpaired) electrons. The summed E-state index contributed by atoms with van der Waals surface area (Å²) in [5, 5.41) is 12.6. The summed E-state index contributed by atoms with van der Waals surface area (Å²) >= 11 is 0. The van der Waals surface area contributed by atoms with Crippen LogP contribution in [0.3, 0.4) is 0 Å². The Kier molecular flexibility index (Phi) is 3.22. The van der Waals surface area contributed by atoms with Crippen molar-refractivity contribution < 1.29 is 14.3 Å². The average Bonchev–Trinajstić information content (AvgIpc) is 2.84. The predicted octanol–water partition coefficient (Wildman–Crippen LogP) is 2.15. The first-order chi connectivity index (χ1) is 7.68. The van der Waals surface area contributed by atoms with Crippen LogP contribution >= 0.6 is 0 Å². The van der Waals surface area contributed by atoms with Crippen LogP contribution in [0.25, 0.3) is 0 Å². The van der Waals surface area contributed by atoms with E-state index in [4.69, 9.17) is 5.11 Å². The molecule has 16 heavy (non-hydrogen) atoms. The highest BCUT2D eigenvalue weighted by Crippen LogP contribution is 2.30. The number of aliphatic carboxylic acids is 1. The van der Waals surface area contributed by atoms with Crippen LogP contribution in [0.1, 0.15) is 43.7 Å². The zero-order valence-electron chi connectivity index (χ0n) is 9.03. The Morgan fingerprint density at radius 2 is 2.25 bits per heavy atom. The normalized spacial score (nSPS) is 16.8. The summed E-state index contributed by atoms with van der Waals surface area (Å²) < 4.78 is 15.3. The van der Waals surface area contributed by atoms with Gasteiger partial charge < -0.3 is 5.11 Å². The Morgan fingerprint density at radius 3 is 2.88 bits per heavy atom. The van der Waals surface area contributed by atoms with Crippen LogP contribution in [-0.4, -0.2) is 20.9 Å². The van der Waals surface area contributed by atoms with Crippen molar-refractivity contribution >= 4 is 5.97 Å². The van der Waals surface area contributed by atoms with E-state index in [9.17, 15) is 9.18 Å². The highest BCUT2D eigenvalue weighted by atomic mass is 19.1. The van der Waals surface area contributed by atoms with E-state index < -0.39 is 5.97 Å². The van der Waals surface area contributed by atoms with Crippen LogP contribution in [0.2, 0.25) is 0 Å². The highest BCUT2D eigenvalue weighted by Gasteiger charge is 2.22. The van der Waals surface area contributed by atoms with Crippen molar-refractivity contribution in [2.24, 2.45) is 0 Å². The highest BCUT2D eigenvalue weighted by molar-refractivity contribution is 5.67. The summed E-state index contributed by atoms with van der Waals surface area (Å²) in [5.74, 6) is -1.26. The number of carboxylic acids is 1. The molecule has 1 fully saturated rings. The molecule has 5 heteroatoms. The maximum Gasteiger partial charge on any atom is 0.303 e. The molecule has 1 heterocycles. The molecular formula is C11H15FN2O2. The Balaban J connectivity index is 2.07. The van der Waals surface area contributed by atoms with Gasteiger partial charge in [-0.3, -0.25) is 4.79 Å². The van der Waals surface area contributed by atoms with Gasteiger partial charge in [0, 0.05) is 12.0 Å². The molecule has 0 bridgehead atoms. The minimum Gasteiger partial charge on any atom is -0.481 e. The number of hydrogen-bond donors (Lipinski definition) is 1. The van der Waals surface area contributed by atoms with Gasteiger partial charge in [-0.1, -0.05) is 12.8 Å². The van der Waals surface area contributed by atoms with E-state index in [1.165, 1.54) is 10.9 Å². The van der Waals surface area contributed by atoms with Crippen molar-refractivity contribution in [1.29, 1.82) is 0 Å². The summed E-state index contributed by atoms with van der Waals surface area (Å²) in [6, 6.07) is 0.165. The molecule has 1 aromatic rings. The molecular weight excluding hydrogens is 211 g/mol. The van der Waals surface area contributed by atoms with E-state index in [2.05, 4.69) is 5.10 Å². The van der Waals surface area contributed by atoms with Crippen molar-refractivity contribution in [2.45, 2.75) is 44.6 Å². The number of aryl methyl sites for hydroxylation is 1. The van der Waals surface area contributed by atoms with Crippen LogP contribution in [0.4, 0.5) is 4.39 Å². The summed E-state index contributed by atoms with van der Waals surface area (Å²) in [4.78, 5) is 10.4. The molecule has 0 saturated heterocycles. The van der Waals surface area contributed by atoms with Crippen molar-refractivity contribution in [3.8, 4) is 0 Å². The topological polar surface area (TPSA) is 55.1 Å². The number of rotatable bonds is 4. The number of hydrogen-bond acceptors (Lipinski definition) is 2. The van der Waals surface area contributed by atoms with E-state index >= 15 is 0 Å². The van der Waals surface area contributed by atoms with E-state index in [1.807, 2.05) is 0 Å². The van der Waals surface area contributed by atoms with E-state index in [0.29, 0.717) is 5.56 Å². The molecule has 1 saturated carbocycles. The van der Waals surface area contributed by atoms with Crippen LogP contribution in [0, 0.1) is 5.95 Å². The fourth-order valence-corrected chi connectivity index (χ4v) is 2.20. The molecule has 1 aliphatic rings. The lowest BCUT2D eigenvalue weighted by molar-refractivity contribution is -0.136. The third-order valence-corrected chi connectivity index (χ3v) is 3.08. The molecule has 1 N–H and O–H groups in total. The van der Waals surface area contributed by atoms with Crippen molar-refractivity contribution in [3.05, 3.63) is 17.7 Å². The molecule has 0 amide bonds. The Labute approximate surface area is 93.1 Å². The molecule has 0 atom stereocenters. The number of aromatic nitrogens is 2. The largest absolute Gasteiger partial charge is 0.481 e. The van der Waals surface area contributed by atoms with Crippen molar-refractivity contribution in [1.82, 2.24) is 9.78 Å². The summed E-state index contributed by atoms with van der Waals surface area (Å²) in [6.45, 7) is 0. The molecule has 0 aliphatic heterocycles. The van der Waals surface area contributed by atoms with Gasteiger partial charge in [-0.2, -0.15) is 9.49 Å². The minimum atomic E-state index is -0.909. The van der Waals surface area contributed by atoms with Gasteiger partial charge in [0.25, 0.3) is 0 Å². The monoisotopic (exact) mass is 226 g/mol. The molecule has 0 spiro atoms. The Bertz CT molecular complexity index is 383. The van der Waals surface area contributed by atoms with Gasteiger partial charge >= 0.3 is 5.97 Å². The lowest BCUT2D eigenvalue weighted by Crippen LogP contribution is -2.09. The zero-order chi connectivity index (χ0) is 11.5. The quantitative estimate of drug-likeness (QED) is 0.855. The fourth-order valence-electron chi connectivity index (χ4n) is 2.20. The number of nitrogens with zero attached hydrogens (tertiary/aromatic N) is 2. The molecule has 2 rings (SSSR count). The number of carbonyl (C=O) groups is 1. The SMILES string of the molecule is O=C(O)CCc1cnn(C2CCCC2)c1F. The third kappa shape index (κ3) is 2.23. The van der Waals surface area contributed by atoms with Gasteiger partial charge in [0.05, 0.1) is 12.2 Å². The van der Waals surface area contributed by atoms with Gasteiger partial charge in [-0.15, -0.1) is 0 Å². The first kappa shape index (κ1) is 11.1. The van der Waals surface area contributed by atoms with Crippen molar-refractivity contribution in [2.75, 3.05) is 0 Å². The van der Waals surface area contributed by atoms with Gasteiger partial charge in [0.1, 0.15) is 0 Å². The maximum absolute atomic E-state index is 13.8. The fraction of sp³-hybridized carbons (Fsp3) is 0.636. The van der Waals surface area contributed by atoms with Gasteiger partial charge in [0.15, 0.2) is 0 Å². The first-order valence-electron chi connectivity index (χ1n) is 5.62. The predicted molar refractivity (Wildman–Crippen MR) is 55.6 cm³/mol. The molecule has 1 aromatic heterocycles. The molecule has 0 aromatic carbocycles. The van der Waals surface area contributed by atoms with Crippen LogP contribution in [-0.2, 0) is 11.2 Å². The Morgan fingerprint density at radius 1 is 1.56 bits per heavy atom. The standard InChI is InChI=1S/C11H15FN2O2/c12-11-8(5-6-10(15)16)7-13-14(11)9-3-1-2-4-9/h7,9H,1-6H2,(H,15,16). The average molecular weight is 226 g/mol. The smallest absolute Gasteiger partial charge is 0.303 e. The second kappa shape index (κ2) is 4.63. The number of carboxylic acid groups (broad SMARTS) is 1. The van der Waals surface area contributed by atoms with E-state index in [0.717, 1.165) is 25.7 Å². The summed E-state index contributed by atoms with van der Waals surface area (Å²) in [6.07, 6.45) is 5.80. The lowest BCUT2D eigenvalue weighted by atomic mass is 10.2. The van der Waals surface area contributed by atoms with Gasteiger partial charge in [0.2, 0.25) is 5.95 Å². The zero-order valence-corrected chi connectivity index (χ0v) is 9.03. The first-order valence-corrected chi connectivity index (χ1v) is 5.62. The van der Waals surface area contributed by atoms with Crippen LogP contribution in [0.5, 0.6) is 0 Å². The molecule has 0 unspecified atom stereocenters. The molecule has 88 valence electrons. The third-order valence-electron chi connectivity index (χ3n) is 3.08. The van der Waals surface area contributed by atoms with Crippen LogP contribution in [0.15, 0.2) is 6.20 Å². The molecule has 4 nitrogen and oxygen atoms in total. The second-order valence-corrected chi connectivity index (χ2v) is 4.24. The van der Waals surface area contributed by atoms with Crippen LogP contribution < -0.4 is 0 Å².